The summed E-state index contributed by atoms with van der Waals surface area (Å²) in [4.78, 5) is 38.6. The molecule has 1 atom stereocenters. The lowest BCUT2D eigenvalue weighted by Gasteiger charge is -2.26. The second-order valence-corrected chi connectivity index (χ2v) is 5.89. The predicted octanol–water partition coefficient (Wildman–Crippen LogP) is 1.30. The van der Waals surface area contributed by atoms with Crippen molar-refractivity contribution in [3.05, 3.63) is 29.8 Å². The van der Waals surface area contributed by atoms with Crippen LogP contribution >= 0.6 is 0 Å². The summed E-state index contributed by atoms with van der Waals surface area (Å²) in [6.45, 7) is 2.95. The van der Waals surface area contributed by atoms with Crippen LogP contribution in [0.5, 0.6) is 5.75 Å². The number of carbonyl (C=O) groups excluding carboxylic acids is 3. The van der Waals surface area contributed by atoms with Gasteiger partial charge in [0, 0.05) is 6.54 Å². The van der Waals surface area contributed by atoms with Gasteiger partial charge in [0.05, 0.1) is 19.2 Å². The number of benzene rings is 1. The van der Waals surface area contributed by atoms with Gasteiger partial charge in [0.1, 0.15) is 12.3 Å². The van der Waals surface area contributed by atoms with Crippen LogP contribution in [0, 0.1) is 0 Å². The summed E-state index contributed by atoms with van der Waals surface area (Å²) in [5.41, 5.74) is 1.04. The van der Waals surface area contributed by atoms with Gasteiger partial charge in [-0.15, -0.1) is 0 Å². The van der Waals surface area contributed by atoms with Crippen molar-refractivity contribution in [2.24, 2.45) is 0 Å². The van der Waals surface area contributed by atoms with E-state index in [4.69, 9.17) is 4.74 Å². The number of amides is 4. The highest BCUT2D eigenvalue weighted by Gasteiger charge is 2.35. The minimum Gasteiger partial charge on any atom is -0.494 e. The van der Waals surface area contributed by atoms with E-state index in [1.165, 1.54) is 0 Å². The molecule has 24 heavy (non-hydrogen) atoms. The molecule has 2 heterocycles. The van der Waals surface area contributed by atoms with E-state index in [9.17, 15) is 14.4 Å². The number of imide groups is 1. The van der Waals surface area contributed by atoms with Gasteiger partial charge >= 0.3 is 6.03 Å². The zero-order valence-electron chi connectivity index (χ0n) is 13.7. The number of rotatable bonds is 5. The van der Waals surface area contributed by atoms with Crippen molar-refractivity contribution >= 4 is 17.8 Å². The number of nitrogens with one attached hydrogen (secondary N) is 1. The van der Waals surface area contributed by atoms with Gasteiger partial charge in [-0.2, -0.15) is 0 Å². The fourth-order valence-electron chi connectivity index (χ4n) is 3.21. The summed E-state index contributed by atoms with van der Waals surface area (Å²) in [6.07, 6.45) is 1.78. The predicted molar refractivity (Wildman–Crippen MR) is 86.4 cm³/mol. The monoisotopic (exact) mass is 331 g/mol. The third-order valence-corrected chi connectivity index (χ3v) is 4.38. The molecule has 1 aromatic carbocycles. The third-order valence-electron chi connectivity index (χ3n) is 4.38. The summed E-state index contributed by atoms with van der Waals surface area (Å²) in [5.74, 6) is 0.249. The lowest BCUT2D eigenvalue weighted by Crippen LogP contribution is -2.42. The van der Waals surface area contributed by atoms with Gasteiger partial charge < -0.3 is 15.0 Å². The molecule has 3 rings (SSSR count). The van der Waals surface area contributed by atoms with Crippen LogP contribution in [-0.4, -0.2) is 53.9 Å². The summed E-state index contributed by atoms with van der Waals surface area (Å²) < 4.78 is 5.44. The molecule has 2 fully saturated rings. The van der Waals surface area contributed by atoms with Crippen LogP contribution in [0.4, 0.5) is 4.79 Å². The van der Waals surface area contributed by atoms with Crippen LogP contribution in [0.2, 0.25) is 0 Å². The molecular weight excluding hydrogens is 310 g/mol. The average Bonchev–Trinajstić information content (AvgIpc) is 3.18. The van der Waals surface area contributed by atoms with E-state index in [0.29, 0.717) is 13.2 Å². The minimum absolute atomic E-state index is 0.0195. The standard InChI is InChI=1S/C17H21N3O4/c1-2-24-13-7-5-12(6-8-13)14-4-3-9-19(14)16(22)11-20-15(21)10-18-17(20)23/h5-8,14H,2-4,9-11H2,1H3,(H,18,23)/t14-/m0/s1. The van der Waals surface area contributed by atoms with Crippen LogP contribution < -0.4 is 10.1 Å². The molecule has 0 aromatic heterocycles. The Kier molecular flexibility index (Phi) is 4.69. The molecule has 0 aliphatic carbocycles. The number of likely N-dealkylation sites (tertiary alicyclic amines) is 1. The van der Waals surface area contributed by atoms with E-state index < -0.39 is 6.03 Å². The highest BCUT2D eigenvalue weighted by molar-refractivity contribution is 6.04. The molecule has 1 N–H and O–H groups in total. The first kappa shape index (κ1) is 16.3. The molecule has 0 spiro atoms. The van der Waals surface area contributed by atoms with Crippen molar-refractivity contribution in [3.8, 4) is 5.75 Å². The van der Waals surface area contributed by atoms with Crippen molar-refractivity contribution in [3.63, 3.8) is 0 Å². The first-order chi connectivity index (χ1) is 11.6. The first-order valence-electron chi connectivity index (χ1n) is 8.20. The normalized spacial score (nSPS) is 20.5. The molecule has 2 aliphatic rings. The van der Waals surface area contributed by atoms with E-state index in [-0.39, 0.29) is 30.9 Å². The van der Waals surface area contributed by atoms with Crippen molar-refractivity contribution in [1.82, 2.24) is 15.1 Å². The van der Waals surface area contributed by atoms with Crippen LogP contribution in [0.3, 0.4) is 0 Å². The molecule has 2 saturated heterocycles. The fourth-order valence-corrected chi connectivity index (χ4v) is 3.21. The van der Waals surface area contributed by atoms with E-state index >= 15 is 0 Å². The van der Waals surface area contributed by atoms with Gasteiger partial charge in [-0.25, -0.2) is 4.79 Å². The summed E-state index contributed by atoms with van der Waals surface area (Å²) in [5, 5.41) is 2.43. The number of nitrogens with zero attached hydrogens (tertiary/aromatic N) is 2. The quantitative estimate of drug-likeness (QED) is 0.825. The van der Waals surface area contributed by atoms with Crippen molar-refractivity contribution < 1.29 is 19.1 Å². The van der Waals surface area contributed by atoms with Crippen molar-refractivity contribution in [2.45, 2.75) is 25.8 Å². The number of hydrogen-bond acceptors (Lipinski definition) is 4. The summed E-state index contributed by atoms with van der Waals surface area (Å²) in [7, 11) is 0. The Balaban J connectivity index is 1.69. The average molecular weight is 331 g/mol. The second kappa shape index (κ2) is 6.90. The molecule has 0 saturated carbocycles. The van der Waals surface area contributed by atoms with Crippen LogP contribution in [0.25, 0.3) is 0 Å². The Morgan fingerprint density at radius 1 is 1.29 bits per heavy atom. The summed E-state index contributed by atoms with van der Waals surface area (Å²) >= 11 is 0. The van der Waals surface area contributed by atoms with Gasteiger partial charge in [0.15, 0.2) is 0 Å². The van der Waals surface area contributed by atoms with Gasteiger partial charge in [-0.05, 0) is 37.5 Å². The molecule has 0 unspecified atom stereocenters. The smallest absolute Gasteiger partial charge is 0.325 e. The third kappa shape index (κ3) is 3.20. The molecule has 128 valence electrons. The molecule has 7 nitrogen and oxygen atoms in total. The Hall–Kier alpha value is -2.57. The van der Waals surface area contributed by atoms with Gasteiger partial charge in [0.25, 0.3) is 5.91 Å². The number of urea groups is 1. The number of carbonyl (C=O) groups is 3. The number of hydrogen-bond donors (Lipinski definition) is 1. The van der Waals surface area contributed by atoms with E-state index in [1.54, 1.807) is 4.90 Å². The Morgan fingerprint density at radius 3 is 2.67 bits per heavy atom. The molecular formula is C17H21N3O4. The largest absolute Gasteiger partial charge is 0.494 e. The second-order valence-electron chi connectivity index (χ2n) is 5.89. The van der Waals surface area contributed by atoms with Crippen molar-refractivity contribution in [1.29, 1.82) is 0 Å². The first-order valence-corrected chi connectivity index (χ1v) is 8.20. The molecule has 0 radical (unpaired) electrons. The van der Waals surface area contributed by atoms with Crippen LogP contribution in [-0.2, 0) is 9.59 Å². The highest BCUT2D eigenvalue weighted by Crippen LogP contribution is 2.33. The van der Waals surface area contributed by atoms with E-state index in [0.717, 1.165) is 29.1 Å². The Labute approximate surface area is 140 Å². The maximum absolute atomic E-state index is 12.6. The SMILES string of the molecule is CCOc1ccc([C@@H]2CCCN2C(=O)CN2C(=O)CNC2=O)cc1. The minimum atomic E-state index is -0.495. The lowest BCUT2D eigenvalue weighted by molar-refractivity contribution is -0.137. The maximum atomic E-state index is 12.6. The fraction of sp³-hybridized carbons (Fsp3) is 0.471. The zero-order chi connectivity index (χ0) is 17.1. The maximum Gasteiger partial charge on any atom is 0.325 e. The van der Waals surface area contributed by atoms with E-state index in [2.05, 4.69) is 5.32 Å². The topological polar surface area (TPSA) is 79.0 Å². The Morgan fingerprint density at radius 2 is 2.04 bits per heavy atom. The van der Waals surface area contributed by atoms with Crippen molar-refractivity contribution in [2.75, 3.05) is 26.2 Å². The number of ether oxygens (including phenoxy) is 1. The van der Waals surface area contributed by atoms with Gasteiger partial charge in [0.2, 0.25) is 5.91 Å². The van der Waals surface area contributed by atoms with Crippen LogP contribution in [0.1, 0.15) is 31.4 Å². The lowest BCUT2D eigenvalue weighted by atomic mass is 10.0. The van der Waals surface area contributed by atoms with Gasteiger partial charge in [-0.3, -0.25) is 14.5 Å². The molecule has 4 amide bonds. The molecule has 1 aromatic rings. The Bertz CT molecular complexity index is 628. The zero-order valence-corrected chi connectivity index (χ0v) is 13.7. The highest BCUT2D eigenvalue weighted by atomic mass is 16.5. The van der Waals surface area contributed by atoms with Crippen LogP contribution in [0.15, 0.2) is 24.3 Å². The molecule has 7 heteroatoms. The molecule has 2 aliphatic heterocycles. The molecule has 0 bridgehead atoms. The summed E-state index contributed by atoms with van der Waals surface area (Å²) in [6, 6.07) is 7.22. The van der Waals surface area contributed by atoms with E-state index in [1.807, 2.05) is 31.2 Å². The van der Waals surface area contributed by atoms with Gasteiger partial charge in [-0.1, -0.05) is 12.1 Å².